The van der Waals surface area contributed by atoms with Crippen LogP contribution in [0.5, 0.6) is 0 Å². The van der Waals surface area contributed by atoms with Gasteiger partial charge in [-0.15, -0.1) is 0 Å². The highest BCUT2D eigenvalue weighted by Gasteiger charge is 2.44. The number of rotatable bonds is 3. The summed E-state index contributed by atoms with van der Waals surface area (Å²) in [6.07, 6.45) is 2.52. The predicted molar refractivity (Wildman–Crippen MR) is 61.8 cm³/mol. The Morgan fingerprint density at radius 1 is 1.40 bits per heavy atom. The second-order valence-electron chi connectivity index (χ2n) is 4.56. The summed E-state index contributed by atoms with van der Waals surface area (Å²) in [6.45, 7) is 2.80. The average Bonchev–Trinajstić information content (AvgIpc) is 2.24. The van der Waals surface area contributed by atoms with E-state index in [2.05, 4.69) is 31.2 Å². The lowest BCUT2D eigenvalue weighted by Crippen LogP contribution is -2.50. The van der Waals surface area contributed by atoms with E-state index in [0.29, 0.717) is 6.54 Å². The van der Waals surface area contributed by atoms with Crippen molar-refractivity contribution in [3.05, 3.63) is 35.4 Å². The van der Waals surface area contributed by atoms with Gasteiger partial charge in [-0.2, -0.15) is 0 Å². The first kappa shape index (κ1) is 10.7. The Bertz CT molecular complexity index is 342. The fraction of sp³-hybridized carbons (Fsp3) is 0.538. The zero-order valence-corrected chi connectivity index (χ0v) is 9.24. The second kappa shape index (κ2) is 3.95. The van der Waals surface area contributed by atoms with Crippen LogP contribution in [0.4, 0.5) is 0 Å². The number of aliphatic hydroxyl groups excluding tert-OH is 1. The number of nitrogens with two attached hydrogens (primary N) is 1. The highest BCUT2D eigenvalue weighted by Crippen LogP contribution is 2.44. The van der Waals surface area contributed by atoms with E-state index in [1.54, 1.807) is 0 Å². The molecule has 2 heteroatoms. The topological polar surface area (TPSA) is 46.2 Å². The number of hydrogen-bond donors (Lipinski definition) is 2. The van der Waals surface area contributed by atoms with Crippen molar-refractivity contribution >= 4 is 0 Å². The van der Waals surface area contributed by atoms with Gasteiger partial charge in [-0.1, -0.05) is 31.2 Å². The van der Waals surface area contributed by atoms with Crippen LogP contribution in [0.15, 0.2) is 24.3 Å². The number of aryl methyl sites for hydroxylation is 1. The van der Waals surface area contributed by atoms with Crippen LogP contribution in [0.25, 0.3) is 0 Å². The molecule has 82 valence electrons. The van der Waals surface area contributed by atoms with Gasteiger partial charge >= 0.3 is 0 Å². The van der Waals surface area contributed by atoms with Crippen LogP contribution < -0.4 is 5.73 Å². The maximum absolute atomic E-state index is 9.48. The molecular formula is C13H19NO. The van der Waals surface area contributed by atoms with Gasteiger partial charge in [-0.3, -0.25) is 0 Å². The van der Waals surface area contributed by atoms with Crippen LogP contribution in [-0.2, 0) is 11.8 Å². The normalized spacial score (nSPS) is 29.9. The maximum Gasteiger partial charge on any atom is 0.0558 e. The van der Waals surface area contributed by atoms with Crippen molar-refractivity contribution < 1.29 is 5.11 Å². The summed E-state index contributed by atoms with van der Waals surface area (Å²) in [4.78, 5) is 0. The largest absolute Gasteiger partial charge is 0.393 e. The molecule has 1 aromatic rings. The summed E-state index contributed by atoms with van der Waals surface area (Å²) in [5.74, 6) is 0. The van der Waals surface area contributed by atoms with Crippen molar-refractivity contribution in [2.45, 2.75) is 37.7 Å². The van der Waals surface area contributed by atoms with Gasteiger partial charge in [0.15, 0.2) is 0 Å². The van der Waals surface area contributed by atoms with Gasteiger partial charge in [0.2, 0.25) is 0 Å². The summed E-state index contributed by atoms with van der Waals surface area (Å²) in [7, 11) is 0. The monoisotopic (exact) mass is 205 g/mol. The van der Waals surface area contributed by atoms with E-state index in [4.69, 9.17) is 5.73 Å². The van der Waals surface area contributed by atoms with Crippen LogP contribution in [0, 0.1) is 0 Å². The molecule has 2 nitrogen and oxygen atoms in total. The summed E-state index contributed by atoms with van der Waals surface area (Å²) in [5.41, 5.74) is 8.64. The van der Waals surface area contributed by atoms with Crippen molar-refractivity contribution in [1.82, 2.24) is 0 Å². The van der Waals surface area contributed by atoms with Crippen molar-refractivity contribution in [2.75, 3.05) is 6.54 Å². The molecule has 1 aliphatic carbocycles. The fourth-order valence-corrected chi connectivity index (χ4v) is 2.68. The van der Waals surface area contributed by atoms with E-state index >= 15 is 0 Å². The third-order valence-electron chi connectivity index (χ3n) is 3.61. The molecule has 0 aromatic heterocycles. The molecule has 1 fully saturated rings. The van der Waals surface area contributed by atoms with E-state index in [9.17, 15) is 5.11 Å². The SMILES string of the molecule is CCc1ccccc1C1(CN)CC(O)C1. The summed E-state index contributed by atoms with van der Waals surface area (Å²) in [6, 6.07) is 8.47. The Hall–Kier alpha value is -0.860. The zero-order valence-electron chi connectivity index (χ0n) is 9.24. The Morgan fingerprint density at radius 2 is 2.07 bits per heavy atom. The highest BCUT2D eigenvalue weighted by molar-refractivity contribution is 5.37. The van der Waals surface area contributed by atoms with E-state index in [-0.39, 0.29) is 11.5 Å². The molecule has 0 aliphatic heterocycles. The van der Waals surface area contributed by atoms with Crippen molar-refractivity contribution in [1.29, 1.82) is 0 Å². The number of benzene rings is 1. The summed E-state index contributed by atoms with van der Waals surface area (Å²) < 4.78 is 0. The third-order valence-corrected chi connectivity index (χ3v) is 3.61. The van der Waals surface area contributed by atoms with Gasteiger partial charge in [-0.05, 0) is 30.4 Å². The van der Waals surface area contributed by atoms with Gasteiger partial charge in [0.05, 0.1) is 6.10 Å². The van der Waals surface area contributed by atoms with Gasteiger partial charge in [0.25, 0.3) is 0 Å². The van der Waals surface area contributed by atoms with E-state index in [0.717, 1.165) is 19.3 Å². The first-order valence-electron chi connectivity index (χ1n) is 5.68. The molecule has 0 atom stereocenters. The molecule has 0 spiro atoms. The molecule has 1 aromatic carbocycles. The summed E-state index contributed by atoms with van der Waals surface area (Å²) in [5, 5.41) is 9.48. The zero-order chi connectivity index (χ0) is 10.9. The fourth-order valence-electron chi connectivity index (χ4n) is 2.68. The van der Waals surface area contributed by atoms with Crippen LogP contribution in [0.3, 0.4) is 0 Å². The second-order valence-corrected chi connectivity index (χ2v) is 4.56. The van der Waals surface area contributed by atoms with Gasteiger partial charge in [0.1, 0.15) is 0 Å². The molecule has 1 saturated carbocycles. The van der Waals surface area contributed by atoms with E-state index in [1.165, 1.54) is 11.1 Å². The molecule has 0 heterocycles. The van der Waals surface area contributed by atoms with E-state index < -0.39 is 0 Å². The summed E-state index contributed by atoms with van der Waals surface area (Å²) >= 11 is 0. The molecule has 3 N–H and O–H groups in total. The predicted octanol–water partition coefficient (Wildman–Crippen LogP) is 1.60. The third kappa shape index (κ3) is 1.68. The van der Waals surface area contributed by atoms with Crippen molar-refractivity contribution in [2.24, 2.45) is 5.73 Å². The minimum Gasteiger partial charge on any atom is -0.393 e. The quantitative estimate of drug-likeness (QED) is 0.787. The molecule has 0 radical (unpaired) electrons. The first-order chi connectivity index (χ1) is 7.22. The Labute approximate surface area is 91.1 Å². The Balaban J connectivity index is 2.35. The minimum atomic E-state index is -0.154. The number of hydrogen-bond acceptors (Lipinski definition) is 2. The van der Waals surface area contributed by atoms with Crippen LogP contribution in [0.2, 0.25) is 0 Å². The lowest BCUT2D eigenvalue weighted by molar-refractivity contribution is 0.0218. The Morgan fingerprint density at radius 3 is 2.60 bits per heavy atom. The molecule has 15 heavy (non-hydrogen) atoms. The van der Waals surface area contributed by atoms with E-state index in [1.807, 2.05) is 0 Å². The van der Waals surface area contributed by atoms with Crippen LogP contribution >= 0.6 is 0 Å². The van der Waals surface area contributed by atoms with Crippen LogP contribution in [0.1, 0.15) is 30.9 Å². The molecule has 2 rings (SSSR count). The molecule has 0 amide bonds. The minimum absolute atomic E-state index is 0.0476. The molecule has 0 saturated heterocycles. The lowest BCUT2D eigenvalue weighted by atomic mass is 9.61. The van der Waals surface area contributed by atoms with Crippen molar-refractivity contribution in [3.63, 3.8) is 0 Å². The van der Waals surface area contributed by atoms with Gasteiger partial charge < -0.3 is 10.8 Å². The smallest absolute Gasteiger partial charge is 0.0558 e. The number of aliphatic hydroxyl groups is 1. The highest BCUT2D eigenvalue weighted by atomic mass is 16.3. The maximum atomic E-state index is 9.48. The first-order valence-corrected chi connectivity index (χ1v) is 5.68. The van der Waals surface area contributed by atoms with Gasteiger partial charge in [-0.25, -0.2) is 0 Å². The average molecular weight is 205 g/mol. The lowest BCUT2D eigenvalue weighted by Gasteiger charge is -2.46. The van der Waals surface area contributed by atoms with Crippen molar-refractivity contribution in [3.8, 4) is 0 Å². The molecule has 1 aliphatic rings. The molecule has 0 unspecified atom stereocenters. The molecule has 0 bridgehead atoms. The van der Waals surface area contributed by atoms with Gasteiger partial charge in [0, 0.05) is 12.0 Å². The molecular weight excluding hydrogens is 186 g/mol. The van der Waals surface area contributed by atoms with Crippen LogP contribution in [-0.4, -0.2) is 17.8 Å². The Kier molecular flexibility index (Phi) is 2.81. The standard InChI is InChI=1S/C13H19NO/c1-2-10-5-3-4-6-12(10)13(9-14)7-11(15)8-13/h3-6,11,15H,2,7-9,14H2,1H3.